The van der Waals surface area contributed by atoms with Gasteiger partial charge in [0.25, 0.3) is 0 Å². The number of pyridine rings is 1. The lowest BCUT2D eigenvalue weighted by atomic mass is 10.1. The minimum Gasteiger partial charge on any atom is -0.492 e. The Labute approximate surface area is 250 Å². The van der Waals surface area contributed by atoms with E-state index in [-0.39, 0.29) is 18.3 Å². The quantitative estimate of drug-likeness (QED) is 0.281. The van der Waals surface area contributed by atoms with Gasteiger partial charge in [-0.3, -0.25) is 4.98 Å². The number of rotatable bonds is 7. The third kappa shape index (κ3) is 7.26. The van der Waals surface area contributed by atoms with E-state index in [0.717, 1.165) is 12.1 Å². The van der Waals surface area contributed by atoms with E-state index in [0.29, 0.717) is 70.9 Å². The molecule has 1 aromatic heterocycles. The van der Waals surface area contributed by atoms with Crippen LogP contribution in [0.2, 0.25) is 10.0 Å². The van der Waals surface area contributed by atoms with Crippen LogP contribution in [-0.2, 0) is 9.47 Å². The number of fused-ring (bicyclic) bond motifs is 1. The maximum atomic E-state index is 13.0. The molecule has 1 aliphatic heterocycles. The summed E-state index contributed by atoms with van der Waals surface area (Å²) in [4.78, 5) is 34.3. The standard InChI is InChI=1S/C30H36Cl2N4O5/c1-6-39-25-17-23-19(16-24(25)35-12-9-13-36(15-14-35)29(38)41-30(3,4)5)27(20(18-33-23)28(37)40-7-2)34-22-11-8-10-21(31)26(22)32/h8,10-11,16-18H,6-7,9,12-15H2,1-5H3,(H,33,34). The Morgan fingerprint density at radius 3 is 2.54 bits per heavy atom. The predicted molar refractivity (Wildman–Crippen MR) is 163 cm³/mol. The number of nitrogens with one attached hydrogen (secondary N) is 1. The summed E-state index contributed by atoms with van der Waals surface area (Å²) in [6, 6.07) is 9.07. The van der Waals surface area contributed by atoms with Crippen LogP contribution in [-0.4, -0.2) is 66.9 Å². The predicted octanol–water partition coefficient (Wildman–Crippen LogP) is 7.31. The highest BCUT2D eigenvalue weighted by Crippen LogP contribution is 2.40. The Kier molecular flexibility index (Phi) is 9.71. The number of carbonyl (C=O) groups is 2. The molecule has 1 amide bonds. The second-order valence-electron chi connectivity index (χ2n) is 10.6. The lowest BCUT2D eigenvalue weighted by Crippen LogP contribution is -2.39. The lowest BCUT2D eigenvalue weighted by molar-refractivity contribution is 0.0263. The minimum absolute atomic E-state index is 0.213. The van der Waals surface area contributed by atoms with Crippen molar-refractivity contribution in [3.05, 3.63) is 52.1 Å². The summed E-state index contributed by atoms with van der Waals surface area (Å²) < 4.78 is 17.0. The van der Waals surface area contributed by atoms with Gasteiger partial charge >= 0.3 is 12.1 Å². The maximum absolute atomic E-state index is 13.0. The molecule has 0 atom stereocenters. The molecular weight excluding hydrogens is 567 g/mol. The largest absolute Gasteiger partial charge is 0.492 e. The Balaban J connectivity index is 1.79. The zero-order chi connectivity index (χ0) is 29.7. The summed E-state index contributed by atoms with van der Waals surface area (Å²) in [6.07, 6.45) is 1.91. The fourth-order valence-corrected chi connectivity index (χ4v) is 4.98. The van der Waals surface area contributed by atoms with Gasteiger partial charge in [-0.2, -0.15) is 0 Å². The van der Waals surface area contributed by atoms with E-state index in [2.05, 4.69) is 15.2 Å². The number of esters is 1. The first-order chi connectivity index (χ1) is 19.5. The van der Waals surface area contributed by atoms with Crippen molar-refractivity contribution in [1.82, 2.24) is 9.88 Å². The van der Waals surface area contributed by atoms with E-state index in [1.54, 1.807) is 30.0 Å². The molecule has 2 heterocycles. The number of aromatic nitrogens is 1. The van der Waals surface area contributed by atoms with Crippen molar-refractivity contribution >= 4 is 63.2 Å². The van der Waals surface area contributed by atoms with Crippen LogP contribution in [0, 0.1) is 0 Å². The highest BCUT2D eigenvalue weighted by molar-refractivity contribution is 6.43. The number of benzene rings is 2. The highest BCUT2D eigenvalue weighted by Gasteiger charge is 2.27. The number of ether oxygens (including phenoxy) is 3. The van der Waals surface area contributed by atoms with E-state index < -0.39 is 11.6 Å². The topological polar surface area (TPSA) is 93.2 Å². The van der Waals surface area contributed by atoms with Crippen LogP contribution in [0.5, 0.6) is 5.75 Å². The van der Waals surface area contributed by atoms with E-state index in [9.17, 15) is 9.59 Å². The van der Waals surface area contributed by atoms with Crippen LogP contribution >= 0.6 is 23.2 Å². The fourth-order valence-electron chi connectivity index (χ4n) is 4.63. The van der Waals surface area contributed by atoms with Crippen LogP contribution in [0.1, 0.15) is 51.4 Å². The number of anilines is 3. The number of hydrogen-bond donors (Lipinski definition) is 1. The average molecular weight is 604 g/mol. The van der Waals surface area contributed by atoms with Crippen LogP contribution in [0.3, 0.4) is 0 Å². The van der Waals surface area contributed by atoms with Crippen molar-refractivity contribution < 1.29 is 23.8 Å². The van der Waals surface area contributed by atoms with Gasteiger partial charge < -0.3 is 29.3 Å². The normalized spacial score (nSPS) is 14.0. The van der Waals surface area contributed by atoms with Gasteiger partial charge in [0, 0.05) is 43.8 Å². The van der Waals surface area contributed by atoms with E-state index in [1.165, 1.54) is 6.20 Å². The van der Waals surface area contributed by atoms with Gasteiger partial charge in [0.15, 0.2) is 0 Å². The SMILES string of the molecule is CCOC(=O)c1cnc2cc(OCC)c(N3CCCN(C(=O)OC(C)(C)C)CC3)cc2c1Nc1cccc(Cl)c1Cl. The number of amides is 1. The van der Waals surface area contributed by atoms with E-state index >= 15 is 0 Å². The van der Waals surface area contributed by atoms with Crippen molar-refractivity contribution in [2.45, 2.75) is 46.6 Å². The number of hydrogen-bond acceptors (Lipinski definition) is 8. The first-order valence-electron chi connectivity index (χ1n) is 13.7. The molecule has 1 fully saturated rings. The summed E-state index contributed by atoms with van der Waals surface area (Å²) in [7, 11) is 0. The summed E-state index contributed by atoms with van der Waals surface area (Å²) in [5, 5.41) is 4.70. The third-order valence-electron chi connectivity index (χ3n) is 6.44. The minimum atomic E-state index is -0.567. The number of halogens is 2. The van der Waals surface area contributed by atoms with Crippen molar-refractivity contribution in [1.29, 1.82) is 0 Å². The van der Waals surface area contributed by atoms with E-state index in [4.69, 9.17) is 37.4 Å². The molecule has 9 nitrogen and oxygen atoms in total. The molecule has 11 heteroatoms. The Hall–Kier alpha value is -3.43. The molecule has 0 radical (unpaired) electrons. The molecule has 0 aliphatic carbocycles. The number of carbonyl (C=O) groups excluding carboxylic acids is 2. The molecule has 0 spiro atoms. The monoisotopic (exact) mass is 602 g/mol. The van der Waals surface area contributed by atoms with Gasteiger partial charge in [-0.25, -0.2) is 9.59 Å². The Bertz CT molecular complexity index is 1430. The zero-order valence-electron chi connectivity index (χ0n) is 24.1. The van der Waals surface area contributed by atoms with Gasteiger partial charge in [0.2, 0.25) is 0 Å². The van der Waals surface area contributed by atoms with Gasteiger partial charge in [-0.15, -0.1) is 0 Å². The van der Waals surface area contributed by atoms with Crippen LogP contribution in [0.4, 0.5) is 21.9 Å². The summed E-state index contributed by atoms with van der Waals surface area (Å²) in [6.45, 7) is 12.3. The molecule has 0 bridgehead atoms. The van der Waals surface area contributed by atoms with Gasteiger partial charge in [-0.1, -0.05) is 29.3 Å². The maximum Gasteiger partial charge on any atom is 0.410 e. The first-order valence-corrected chi connectivity index (χ1v) is 14.5. The van der Waals surface area contributed by atoms with Crippen molar-refractivity contribution in [3.63, 3.8) is 0 Å². The van der Waals surface area contributed by atoms with Crippen molar-refractivity contribution in [2.75, 3.05) is 49.6 Å². The van der Waals surface area contributed by atoms with Crippen LogP contribution < -0.4 is 15.0 Å². The average Bonchev–Trinajstić information content (AvgIpc) is 3.17. The number of nitrogens with zero attached hydrogens (tertiary/aromatic N) is 3. The van der Waals surface area contributed by atoms with Crippen molar-refractivity contribution in [3.8, 4) is 5.75 Å². The molecule has 1 saturated heterocycles. The smallest absolute Gasteiger partial charge is 0.410 e. The molecule has 41 heavy (non-hydrogen) atoms. The molecule has 0 saturated carbocycles. The molecule has 1 N–H and O–H groups in total. The summed E-state index contributed by atoms with van der Waals surface area (Å²) in [5.41, 5.74) is 2.17. The van der Waals surface area contributed by atoms with Gasteiger partial charge in [-0.05, 0) is 59.2 Å². The Morgan fingerprint density at radius 2 is 1.83 bits per heavy atom. The van der Waals surface area contributed by atoms with Gasteiger partial charge in [0.1, 0.15) is 16.9 Å². The molecule has 220 valence electrons. The van der Waals surface area contributed by atoms with Crippen LogP contribution in [0.15, 0.2) is 36.5 Å². The van der Waals surface area contributed by atoms with Crippen molar-refractivity contribution in [2.24, 2.45) is 0 Å². The highest BCUT2D eigenvalue weighted by atomic mass is 35.5. The molecule has 2 aromatic carbocycles. The molecule has 3 aromatic rings. The summed E-state index contributed by atoms with van der Waals surface area (Å²) in [5.74, 6) is 0.148. The zero-order valence-corrected chi connectivity index (χ0v) is 25.6. The fraction of sp³-hybridized carbons (Fsp3) is 0.433. The first kappa shape index (κ1) is 30.5. The van der Waals surface area contributed by atoms with E-state index in [1.807, 2.05) is 39.8 Å². The van der Waals surface area contributed by atoms with Crippen LogP contribution in [0.25, 0.3) is 10.9 Å². The molecule has 4 rings (SSSR count). The van der Waals surface area contributed by atoms with Gasteiger partial charge in [0.05, 0.1) is 45.8 Å². The second-order valence-corrected chi connectivity index (χ2v) is 11.4. The molecule has 0 unspecified atom stereocenters. The molecular formula is C30H36Cl2N4O5. The second kappa shape index (κ2) is 13.0. The third-order valence-corrected chi connectivity index (χ3v) is 7.26. The summed E-state index contributed by atoms with van der Waals surface area (Å²) >= 11 is 12.8. The lowest BCUT2D eigenvalue weighted by Gasteiger charge is -2.28. The Morgan fingerprint density at radius 1 is 1.05 bits per heavy atom. The molecule has 1 aliphatic rings.